The van der Waals surface area contributed by atoms with Gasteiger partial charge in [-0.15, -0.1) is 0 Å². The molecule has 4 heteroatoms. The molecule has 0 bridgehead atoms. The lowest BCUT2D eigenvalue weighted by atomic mass is 9.87. The Morgan fingerprint density at radius 3 is 1.96 bits per heavy atom. The fourth-order valence-corrected chi connectivity index (χ4v) is 2.80. The number of rotatable bonds is 11. The first-order valence-corrected chi connectivity index (χ1v) is 9.52. The third-order valence-electron chi connectivity index (χ3n) is 4.48. The van der Waals surface area contributed by atoms with E-state index in [0.29, 0.717) is 37.6 Å². The van der Waals surface area contributed by atoms with Crippen molar-refractivity contribution < 1.29 is 9.59 Å². The largest absolute Gasteiger partial charge is 0.356 e. The summed E-state index contributed by atoms with van der Waals surface area (Å²) < 4.78 is 0. The molecule has 0 aliphatic rings. The Hall–Kier alpha value is -1.06. The van der Waals surface area contributed by atoms with Crippen molar-refractivity contribution in [3.63, 3.8) is 0 Å². The summed E-state index contributed by atoms with van der Waals surface area (Å²) in [6.45, 7) is 17.4. The van der Waals surface area contributed by atoms with E-state index >= 15 is 0 Å². The molecule has 4 nitrogen and oxygen atoms in total. The number of hydrogen-bond donors (Lipinski definition) is 1. The molecule has 0 rings (SSSR count). The lowest BCUT2D eigenvalue weighted by Crippen LogP contribution is -2.43. The first-order chi connectivity index (χ1) is 11.1. The van der Waals surface area contributed by atoms with Crippen LogP contribution in [0.2, 0.25) is 0 Å². The molecule has 0 saturated carbocycles. The minimum atomic E-state index is 0.0718. The second-order valence-electron chi connectivity index (χ2n) is 7.84. The monoisotopic (exact) mass is 339 g/mol. The number of nitrogens with one attached hydrogen (secondary N) is 1. The zero-order valence-electron chi connectivity index (χ0n) is 17.1. The second kappa shape index (κ2) is 11.5. The van der Waals surface area contributed by atoms with E-state index in [0.717, 1.165) is 12.3 Å². The molecular formula is C20H39N2O2. The summed E-state index contributed by atoms with van der Waals surface area (Å²) in [5.74, 6) is 2.20. The van der Waals surface area contributed by atoms with Gasteiger partial charge in [-0.05, 0) is 51.4 Å². The van der Waals surface area contributed by atoms with Crippen molar-refractivity contribution in [1.82, 2.24) is 10.2 Å². The van der Waals surface area contributed by atoms with Gasteiger partial charge in [-0.25, -0.2) is 0 Å². The van der Waals surface area contributed by atoms with E-state index < -0.39 is 0 Å². The highest BCUT2D eigenvalue weighted by molar-refractivity contribution is 5.79. The van der Waals surface area contributed by atoms with Gasteiger partial charge in [-0.3, -0.25) is 9.59 Å². The van der Waals surface area contributed by atoms with Gasteiger partial charge < -0.3 is 10.2 Å². The van der Waals surface area contributed by atoms with E-state index in [4.69, 9.17) is 0 Å². The van der Waals surface area contributed by atoms with Crippen LogP contribution in [0.4, 0.5) is 0 Å². The van der Waals surface area contributed by atoms with Gasteiger partial charge in [0.1, 0.15) is 0 Å². The van der Waals surface area contributed by atoms with Crippen LogP contribution >= 0.6 is 0 Å². The quantitative estimate of drug-likeness (QED) is 0.613. The van der Waals surface area contributed by atoms with Crippen LogP contribution in [-0.2, 0) is 9.59 Å². The van der Waals surface area contributed by atoms with Gasteiger partial charge >= 0.3 is 0 Å². The third-order valence-corrected chi connectivity index (χ3v) is 4.48. The first kappa shape index (κ1) is 22.9. The van der Waals surface area contributed by atoms with Crippen molar-refractivity contribution in [3.05, 3.63) is 5.92 Å². The van der Waals surface area contributed by atoms with Crippen LogP contribution in [0, 0.1) is 17.8 Å². The Labute approximate surface area is 149 Å². The maximum atomic E-state index is 12.6. The Kier molecular flexibility index (Phi) is 11.0. The predicted octanol–water partition coefficient (Wildman–Crippen LogP) is 4.19. The molecule has 0 aromatic heterocycles. The Bertz CT molecular complexity index is 378. The van der Waals surface area contributed by atoms with Gasteiger partial charge in [-0.2, -0.15) is 0 Å². The average molecular weight is 340 g/mol. The summed E-state index contributed by atoms with van der Waals surface area (Å²) in [4.78, 5) is 26.7. The average Bonchev–Trinajstić information content (AvgIpc) is 2.48. The molecule has 0 aliphatic carbocycles. The topological polar surface area (TPSA) is 49.4 Å². The van der Waals surface area contributed by atoms with Crippen molar-refractivity contribution in [2.45, 2.75) is 93.2 Å². The van der Waals surface area contributed by atoms with E-state index in [2.05, 4.69) is 60.7 Å². The van der Waals surface area contributed by atoms with Crippen LogP contribution in [0.25, 0.3) is 0 Å². The number of hydrogen-bond acceptors (Lipinski definition) is 2. The van der Waals surface area contributed by atoms with E-state index in [9.17, 15) is 9.59 Å². The minimum Gasteiger partial charge on any atom is -0.356 e. The standard InChI is InChI=1S/C20H39N2O2/c1-9-17(8)22(16(6)7)20(24)11-10-18(15(4)5)12-19(23)21-13-14(2)3/h14-17H,9-13H2,1-8H3,(H,21,23). The van der Waals surface area contributed by atoms with Crippen LogP contribution in [-0.4, -0.2) is 35.3 Å². The summed E-state index contributed by atoms with van der Waals surface area (Å²) in [5, 5.41) is 2.97. The smallest absolute Gasteiger partial charge is 0.223 e. The molecule has 0 aliphatic heterocycles. The van der Waals surface area contributed by atoms with Crippen LogP contribution in [0.1, 0.15) is 81.1 Å². The molecule has 1 N–H and O–H groups in total. The van der Waals surface area contributed by atoms with Gasteiger partial charge in [0.2, 0.25) is 11.8 Å². The predicted molar refractivity (Wildman–Crippen MR) is 102 cm³/mol. The number of carbonyl (C=O) groups excluding carboxylic acids is 2. The second-order valence-corrected chi connectivity index (χ2v) is 7.84. The molecule has 1 unspecified atom stereocenters. The van der Waals surface area contributed by atoms with Crippen molar-refractivity contribution >= 4 is 11.8 Å². The summed E-state index contributed by atoms with van der Waals surface area (Å²) in [6.07, 6.45) is 2.59. The highest BCUT2D eigenvalue weighted by Gasteiger charge is 2.24. The van der Waals surface area contributed by atoms with Gasteiger partial charge in [-0.1, -0.05) is 34.6 Å². The summed E-state index contributed by atoms with van der Waals surface area (Å²) in [5.41, 5.74) is 0. The van der Waals surface area contributed by atoms with Crippen LogP contribution < -0.4 is 5.32 Å². The zero-order valence-corrected chi connectivity index (χ0v) is 17.1. The summed E-state index contributed by atoms with van der Waals surface area (Å²) >= 11 is 0. The van der Waals surface area contributed by atoms with Crippen molar-refractivity contribution in [2.75, 3.05) is 6.54 Å². The molecule has 0 aromatic rings. The highest BCUT2D eigenvalue weighted by atomic mass is 16.2. The molecule has 24 heavy (non-hydrogen) atoms. The fourth-order valence-electron chi connectivity index (χ4n) is 2.80. The van der Waals surface area contributed by atoms with E-state index in [1.54, 1.807) is 0 Å². The molecule has 0 spiro atoms. The highest BCUT2D eigenvalue weighted by Crippen LogP contribution is 2.25. The van der Waals surface area contributed by atoms with E-state index in [1.165, 1.54) is 0 Å². The SMILES string of the molecule is CCC(C)N(C(=O)CC[C](CC(=O)NCC(C)C)C(C)C)C(C)C. The number of carbonyl (C=O) groups is 2. The van der Waals surface area contributed by atoms with Gasteiger partial charge in [0, 0.05) is 31.5 Å². The maximum absolute atomic E-state index is 12.6. The lowest BCUT2D eigenvalue weighted by molar-refractivity contribution is -0.135. The number of amides is 2. The fraction of sp³-hybridized carbons (Fsp3) is 0.850. The molecule has 0 fully saturated rings. The van der Waals surface area contributed by atoms with Crippen LogP contribution in [0.3, 0.4) is 0 Å². The molecular weight excluding hydrogens is 300 g/mol. The van der Waals surface area contributed by atoms with Crippen LogP contribution in [0.5, 0.6) is 0 Å². The zero-order chi connectivity index (χ0) is 18.9. The number of nitrogens with zero attached hydrogens (tertiary/aromatic N) is 1. The van der Waals surface area contributed by atoms with Gasteiger partial charge in [0.25, 0.3) is 0 Å². The lowest BCUT2D eigenvalue weighted by Gasteiger charge is -2.33. The maximum Gasteiger partial charge on any atom is 0.223 e. The molecule has 141 valence electrons. The minimum absolute atomic E-state index is 0.0718. The van der Waals surface area contributed by atoms with Crippen LogP contribution in [0.15, 0.2) is 0 Å². The van der Waals surface area contributed by atoms with Gasteiger partial charge in [0.05, 0.1) is 0 Å². The molecule has 1 radical (unpaired) electrons. The summed E-state index contributed by atoms with van der Waals surface area (Å²) in [7, 11) is 0. The Morgan fingerprint density at radius 1 is 0.958 bits per heavy atom. The third kappa shape index (κ3) is 8.70. The summed E-state index contributed by atoms with van der Waals surface area (Å²) in [6, 6.07) is 0.471. The van der Waals surface area contributed by atoms with Crippen molar-refractivity contribution in [1.29, 1.82) is 0 Å². The van der Waals surface area contributed by atoms with E-state index in [-0.39, 0.29) is 23.9 Å². The first-order valence-electron chi connectivity index (χ1n) is 9.52. The van der Waals surface area contributed by atoms with Gasteiger partial charge in [0.15, 0.2) is 0 Å². The van der Waals surface area contributed by atoms with Crippen molar-refractivity contribution in [3.8, 4) is 0 Å². The van der Waals surface area contributed by atoms with E-state index in [1.807, 2.05) is 4.90 Å². The Balaban J connectivity index is 4.62. The molecule has 2 amide bonds. The molecule has 0 saturated heterocycles. The molecule has 0 heterocycles. The molecule has 1 atom stereocenters. The van der Waals surface area contributed by atoms with Crippen molar-refractivity contribution in [2.24, 2.45) is 11.8 Å². The molecule has 0 aromatic carbocycles. The Morgan fingerprint density at radius 2 is 1.54 bits per heavy atom. The normalized spacial score (nSPS) is 13.0.